The van der Waals surface area contributed by atoms with E-state index in [0.29, 0.717) is 6.54 Å². The maximum Gasteiger partial charge on any atom is 0.224 e. The number of carbonyl (C=O) groups is 1. The molecule has 0 saturated carbocycles. The molecular weight excluding hydrogens is 320 g/mol. The Morgan fingerprint density at radius 2 is 1.92 bits per heavy atom. The number of hydrogen-bond acceptors (Lipinski definition) is 2. The quantitative estimate of drug-likeness (QED) is 0.888. The second-order valence-electron chi connectivity index (χ2n) is 6.33. The molecule has 1 saturated heterocycles. The Labute approximate surface area is 150 Å². The van der Waals surface area contributed by atoms with Gasteiger partial charge < -0.3 is 10.6 Å². The molecule has 3 rings (SSSR count). The van der Waals surface area contributed by atoms with Crippen molar-refractivity contribution in [3.8, 4) is 11.1 Å². The van der Waals surface area contributed by atoms with E-state index >= 15 is 0 Å². The molecule has 1 atom stereocenters. The predicted molar refractivity (Wildman–Crippen MR) is 101 cm³/mol. The molecule has 1 fully saturated rings. The molecule has 3 nitrogen and oxygen atoms in total. The van der Waals surface area contributed by atoms with Crippen LogP contribution < -0.4 is 10.6 Å². The standard InChI is InChI=1S/C20H24N2O.ClH/c1-15-5-2-7-17(11-15)18-8-3-6-16(12-18)13-22-20(23)19-9-4-10-21-14-19;/h2-3,5-8,11-12,19,21H,4,9-10,13-14H2,1H3,(H,22,23);1H. The van der Waals surface area contributed by atoms with Crippen LogP contribution >= 0.6 is 12.4 Å². The van der Waals surface area contributed by atoms with Crippen molar-refractivity contribution in [2.24, 2.45) is 5.92 Å². The van der Waals surface area contributed by atoms with Gasteiger partial charge in [0, 0.05) is 13.1 Å². The minimum Gasteiger partial charge on any atom is -0.352 e. The minimum absolute atomic E-state index is 0. The Balaban J connectivity index is 0.00000208. The SMILES string of the molecule is Cc1cccc(-c2cccc(CNC(=O)C3CCCNC3)c2)c1.Cl. The van der Waals surface area contributed by atoms with E-state index in [0.717, 1.165) is 31.5 Å². The highest BCUT2D eigenvalue weighted by molar-refractivity contribution is 5.85. The fourth-order valence-corrected chi connectivity index (χ4v) is 3.09. The van der Waals surface area contributed by atoms with Gasteiger partial charge in [0.15, 0.2) is 0 Å². The molecule has 24 heavy (non-hydrogen) atoms. The van der Waals surface area contributed by atoms with Gasteiger partial charge in [-0.25, -0.2) is 0 Å². The number of piperidine rings is 1. The number of aryl methyl sites for hydroxylation is 1. The minimum atomic E-state index is 0. The summed E-state index contributed by atoms with van der Waals surface area (Å²) < 4.78 is 0. The summed E-state index contributed by atoms with van der Waals surface area (Å²) in [6.45, 7) is 4.53. The number of benzene rings is 2. The first-order chi connectivity index (χ1) is 11.2. The molecule has 0 bridgehead atoms. The Morgan fingerprint density at radius 1 is 1.17 bits per heavy atom. The van der Waals surface area contributed by atoms with Crippen LogP contribution in [-0.4, -0.2) is 19.0 Å². The molecular formula is C20H25ClN2O. The monoisotopic (exact) mass is 344 g/mol. The smallest absolute Gasteiger partial charge is 0.224 e. The van der Waals surface area contributed by atoms with Crippen molar-refractivity contribution < 1.29 is 4.79 Å². The van der Waals surface area contributed by atoms with E-state index in [9.17, 15) is 4.79 Å². The summed E-state index contributed by atoms with van der Waals surface area (Å²) in [6.07, 6.45) is 2.07. The fraction of sp³-hybridized carbons (Fsp3) is 0.350. The number of hydrogen-bond donors (Lipinski definition) is 2. The highest BCUT2D eigenvalue weighted by atomic mass is 35.5. The van der Waals surface area contributed by atoms with Gasteiger partial charge in [-0.05, 0) is 49.1 Å². The Kier molecular flexibility index (Phi) is 6.83. The first kappa shape index (κ1) is 18.5. The summed E-state index contributed by atoms with van der Waals surface area (Å²) >= 11 is 0. The number of carbonyl (C=O) groups excluding carboxylic acids is 1. The molecule has 0 radical (unpaired) electrons. The van der Waals surface area contributed by atoms with Crippen LogP contribution in [-0.2, 0) is 11.3 Å². The van der Waals surface area contributed by atoms with Crippen LogP contribution in [0.15, 0.2) is 48.5 Å². The number of amides is 1. The third kappa shape index (κ3) is 4.83. The predicted octanol–water partition coefficient (Wildman–Crippen LogP) is 3.70. The molecule has 1 amide bonds. The Hall–Kier alpha value is -1.84. The third-order valence-electron chi connectivity index (χ3n) is 4.41. The van der Waals surface area contributed by atoms with Crippen molar-refractivity contribution in [1.29, 1.82) is 0 Å². The maximum atomic E-state index is 12.2. The Morgan fingerprint density at radius 3 is 2.62 bits per heavy atom. The molecule has 1 aliphatic rings. The van der Waals surface area contributed by atoms with Crippen LogP contribution in [0.1, 0.15) is 24.0 Å². The summed E-state index contributed by atoms with van der Waals surface area (Å²) in [5.74, 6) is 0.280. The van der Waals surface area contributed by atoms with E-state index in [1.807, 2.05) is 0 Å². The second-order valence-corrected chi connectivity index (χ2v) is 6.33. The van der Waals surface area contributed by atoms with Crippen molar-refractivity contribution in [2.75, 3.05) is 13.1 Å². The van der Waals surface area contributed by atoms with E-state index < -0.39 is 0 Å². The van der Waals surface area contributed by atoms with E-state index in [1.54, 1.807) is 0 Å². The topological polar surface area (TPSA) is 41.1 Å². The van der Waals surface area contributed by atoms with Crippen molar-refractivity contribution in [2.45, 2.75) is 26.3 Å². The van der Waals surface area contributed by atoms with Gasteiger partial charge in [0.1, 0.15) is 0 Å². The number of rotatable bonds is 4. The second kappa shape index (κ2) is 8.86. The van der Waals surface area contributed by atoms with Crippen molar-refractivity contribution >= 4 is 18.3 Å². The molecule has 2 aromatic rings. The average Bonchev–Trinajstić information content (AvgIpc) is 2.61. The molecule has 1 heterocycles. The molecule has 2 aromatic carbocycles. The zero-order chi connectivity index (χ0) is 16.1. The van der Waals surface area contributed by atoms with E-state index in [-0.39, 0.29) is 24.2 Å². The van der Waals surface area contributed by atoms with Crippen molar-refractivity contribution in [1.82, 2.24) is 10.6 Å². The summed E-state index contributed by atoms with van der Waals surface area (Å²) in [4.78, 5) is 12.2. The highest BCUT2D eigenvalue weighted by Gasteiger charge is 2.20. The van der Waals surface area contributed by atoms with Crippen LogP contribution in [0.3, 0.4) is 0 Å². The summed E-state index contributed by atoms with van der Waals surface area (Å²) in [5.41, 5.74) is 4.81. The van der Waals surface area contributed by atoms with Crippen LogP contribution in [0.25, 0.3) is 11.1 Å². The van der Waals surface area contributed by atoms with Crippen molar-refractivity contribution in [3.05, 3.63) is 59.7 Å². The van der Waals surface area contributed by atoms with Gasteiger partial charge >= 0.3 is 0 Å². The zero-order valence-electron chi connectivity index (χ0n) is 14.0. The van der Waals surface area contributed by atoms with E-state index in [4.69, 9.17) is 0 Å². The number of halogens is 1. The molecule has 0 spiro atoms. The van der Waals surface area contributed by atoms with Gasteiger partial charge in [-0.3, -0.25) is 4.79 Å². The molecule has 1 unspecified atom stereocenters. The zero-order valence-corrected chi connectivity index (χ0v) is 14.9. The summed E-state index contributed by atoms with van der Waals surface area (Å²) in [5, 5.41) is 6.37. The lowest BCUT2D eigenvalue weighted by atomic mass is 9.98. The third-order valence-corrected chi connectivity index (χ3v) is 4.41. The first-order valence-corrected chi connectivity index (χ1v) is 8.37. The largest absolute Gasteiger partial charge is 0.352 e. The van der Waals surface area contributed by atoms with Gasteiger partial charge in [-0.2, -0.15) is 0 Å². The lowest BCUT2D eigenvalue weighted by molar-refractivity contribution is -0.125. The lowest BCUT2D eigenvalue weighted by Gasteiger charge is -2.21. The molecule has 0 aromatic heterocycles. The normalized spacial score (nSPS) is 17.0. The van der Waals surface area contributed by atoms with Crippen LogP contribution in [0, 0.1) is 12.8 Å². The first-order valence-electron chi connectivity index (χ1n) is 8.37. The summed E-state index contributed by atoms with van der Waals surface area (Å²) in [7, 11) is 0. The van der Waals surface area contributed by atoms with E-state index in [1.165, 1.54) is 16.7 Å². The van der Waals surface area contributed by atoms with Gasteiger partial charge in [-0.1, -0.05) is 48.0 Å². The average molecular weight is 345 g/mol. The summed E-state index contributed by atoms with van der Waals surface area (Å²) in [6, 6.07) is 16.9. The molecule has 1 aliphatic heterocycles. The van der Waals surface area contributed by atoms with Gasteiger partial charge in [-0.15, -0.1) is 12.4 Å². The molecule has 4 heteroatoms. The van der Waals surface area contributed by atoms with Crippen LogP contribution in [0.2, 0.25) is 0 Å². The molecule has 128 valence electrons. The molecule has 2 N–H and O–H groups in total. The highest BCUT2D eigenvalue weighted by Crippen LogP contribution is 2.21. The maximum absolute atomic E-state index is 12.2. The number of nitrogens with one attached hydrogen (secondary N) is 2. The van der Waals surface area contributed by atoms with E-state index in [2.05, 4.69) is 66.1 Å². The van der Waals surface area contributed by atoms with Crippen LogP contribution in [0.5, 0.6) is 0 Å². The fourth-order valence-electron chi connectivity index (χ4n) is 3.09. The van der Waals surface area contributed by atoms with Crippen LogP contribution in [0.4, 0.5) is 0 Å². The molecule has 0 aliphatic carbocycles. The lowest BCUT2D eigenvalue weighted by Crippen LogP contribution is -2.40. The van der Waals surface area contributed by atoms with Gasteiger partial charge in [0.2, 0.25) is 5.91 Å². The van der Waals surface area contributed by atoms with Crippen molar-refractivity contribution in [3.63, 3.8) is 0 Å². The van der Waals surface area contributed by atoms with Gasteiger partial charge in [0.05, 0.1) is 5.92 Å². The Bertz CT molecular complexity index is 681. The van der Waals surface area contributed by atoms with Gasteiger partial charge in [0.25, 0.3) is 0 Å².